The third kappa shape index (κ3) is 4.13. The van der Waals surface area contributed by atoms with Crippen molar-refractivity contribution in [1.82, 2.24) is 5.32 Å². The van der Waals surface area contributed by atoms with Gasteiger partial charge in [-0.1, -0.05) is 48.9 Å². The van der Waals surface area contributed by atoms with E-state index in [1.807, 2.05) is 18.2 Å². The van der Waals surface area contributed by atoms with Crippen LogP contribution in [0.2, 0.25) is 5.02 Å². The first-order chi connectivity index (χ1) is 11.3. The van der Waals surface area contributed by atoms with Crippen molar-refractivity contribution >= 4 is 17.5 Å². The van der Waals surface area contributed by atoms with Crippen LogP contribution in [0.3, 0.4) is 0 Å². The molecule has 0 aromatic heterocycles. The molecule has 2 rings (SSSR count). The van der Waals surface area contributed by atoms with Crippen LogP contribution in [0.15, 0.2) is 42.5 Å². The molecule has 0 bridgehead atoms. The molecule has 1 amide bonds. The Morgan fingerprint density at radius 2 is 1.88 bits per heavy atom. The van der Waals surface area contributed by atoms with Crippen LogP contribution >= 0.6 is 11.6 Å². The topological polar surface area (TPSA) is 55.1 Å². The van der Waals surface area contributed by atoms with Gasteiger partial charge in [-0.05, 0) is 42.7 Å². The monoisotopic (exact) mass is 348 g/mol. The number of halogens is 2. The second-order valence-corrected chi connectivity index (χ2v) is 6.53. The summed E-state index contributed by atoms with van der Waals surface area (Å²) in [4.78, 5) is 12.5. The summed E-state index contributed by atoms with van der Waals surface area (Å²) in [5, 5.41) is 3.53. The molecule has 0 saturated heterocycles. The van der Waals surface area contributed by atoms with E-state index in [4.69, 9.17) is 17.3 Å². The van der Waals surface area contributed by atoms with E-state index in [9.17, 15) is 9.18 Å². The molecular formula is C19H22ClFN2O. The van der Waals surface area contributed by atoms with Crippen molar-refractivity contribution in [2.75, 3.05) is 0 Å². The highest BCUT2D eigenvalue weighted by Crippen LogP contribution is 2.29. The predicted molar refractivity (Wildman–Crippen MR) is 95.4 cm³/mol. The SMILES string of the molecule is Cc1cc(C(NC(=O)C(C)C(C)N)c2ccccc2Cl)ccc1F. The van der Waals surface area contributed by atoms with E-state index >= 15 is 0 Å². The zero-order chi connectivity index (χ0) is 17.9. The van der Waals surface area contributed by atoms with Crippen molar-refractivity contribution < 1.29 is 9.18 Å². The molecule has 0 heterocycles. The summed E-state index contributed by atoms with van der Waals surface area (Å²) in [6.45, 7) is 5.26. The molecule has 0 fully saturated rings. The number of rotatable bonds is 5. The number of nitrogens with two attached hydrogens (primary N) is 1. The first-order valence-corrected chi connectivity index (χ1v) is 8.25. The quantitative estimate of drug-likeness (QED) is 0.858. The molecule has 0 aliphatic carbocycles. The molecular weight excluding hydrogens is 327 g/mol. The van der Waals surface area contributed by atoms with Crippen LogP contribution in [-0.2, 0) is 4.79 Å². The summed E-state index contributed by atoms with van der Waals surface area (Å²) in [5.41, 5.74) is 7.87. The largest absolute Gasteiger partial charge is 0.345 e. The maximum Gasteiger partial charge on any atom is 0.225 e. The average Bonchev–Trinajstić information content (AvgIpc) is 2.55. The molecule has 0 aliphatic heterocycles. The van der Waals surface area contributed by atoms with E-state index in [1.54, 1.807) is 39.0 Å². The summed E-state index contributed by atoms with van der Waals surface area (Å²) in [6, 6.07) is 11.3. The molecule has 3 nitrogen and oxygen atoms in total. The van der Waals surface area contributed by atoms with E-state index in [1.165, 1.54) is 6.07 Å². The summed E-state index contributed by atoms with van der Waals surface area (Å²) in [5.74, 6) is -0.805. The van der Waals surface area contributed by atoms with Gasteiger partial charge in [0.05, 0.1) is 6.04 Å². The highest BCUT2D eigenvalue weighted by atomic mass is 35.5. The number of carbonyl (C=O) groups excluding carboxylic acids is 1. The fourth-order valence-electron chi connectivity index (χ4n) is 2.41. The molecule has 0 aliphatic rings. The Morgan fingerprint density at radius 3 is 2.46 bits per heavy atom. The standard InChI is InChI=1S/C19H22ClFN2O/c1-11-10-14(8-9-17(11)21)18(15-6-4-5-7-16(15)20)23-19(24)12(2)13(3)22/h4-10,12-13,18H,22H2,1-3H3,(H,23,24). The Bertz CT molecular complexity index is 733. The number of nitrogens with one attached hydrogen (secondary N) is 1. The highest BCUT2D eigenvalue weighted by molar-refractivity contribution is 6.31. The second kappa shape index (κ2) is 7.77. The third-order valence-corrected chi connectivity index (χ3v) is 4.56. The first-order valence-electron chi connectivity index (χ1n) is 7.87. The number of hydrogen-bond donors (Lipinski definition) is 2. The minimum atomic E-state index is -0.466. The Hall–Kier alpha value is -1.91. The Morgan fingerprint density at radius 1 is 1.21 bits per heavy atom. The molecule has 24 heavy (non-hydrogen) atoms. The molecule has 0 spiro atoms. The summed E-state index contributed by atoms with van der Waals surface area (Å²) in [6.07, 6.45) is 0. The van der Waals surface area contributed by atoms with Gasteiger partial charge in [-0.3, -0.25) is 4.79 Å². The first kappa shape index (κ1) is 18.4. The lowest BCUT2D eigenvalue weighted by molar-refractivity contribution is -0.125. The zero-order valence-corrected chi connectivity index (χ0v) is 14.8. The smallest absolute Gasteiger partial charge is 0.225 e. The van der Waals surface area contributed by atoms with E-state index in [-0.39, 0.29) is 23.7 Å². The van der Waals surface area contributed by atoms with Crippen LogP contribution < -0.4 is 11.1 Å². The average molecular weight is 349 g/mol. The fourth-order valence-corrected chi connectivity index (χ4v) is 2.65. The van der Waals surface area contributed by atoms with Crippen LogP contribution in [0.4, 0.5) is 4.39 Å². The van der Waals surface area contributed by atoms with Crippen LogP contribution in [0.1, 0.15) is 36.6 Å². The molecule has 0 saturated carbocycles. The molecule has 0 radical (unpaired) electrons. The van der Waals surface area contributed by atoms with Crippen LogP contribution in [0, 0.1) is 18.7 Å². The molecule has 128 valence electrons. The van der Waals surface area contributed by atoms with E-state index in [0.29, 0.717) is 10.6 Å². The summed E-state index contributed by atoms with van der Waals surface area (Å²) < 4.78 is 13.6. The van der Waals surface area contributed by atoms with Gasteiger partial charge in [0.2, 0.25) is 5.91 Å². The Kier molecular flexibility index (Phi) is 5.97. The normalized spacial score (nSPS) is 14.8. The number of aryl methyl sites for hydroxylation is 1. The van der Waals surface area contributed by atoms with Crippen molar-refractivity contribution in [2.24, 2.45) is 11.7 Å². The minimum absolute atomic E-state index is 0.170. The van der Waals surface area contributed by atoms with Crippen molar-refractivity contribution in [1.29, 1.82) is 0 Å². The Balaban J connectivity index is 2.44. The molecule has 3 atom stereocenters. The maximum absolute atomic E-state index is 13.6. The van der Waals surface area contributed by atoms with Gasteiger partial charge < -0.3 is 11.1 Å². The zero-order valence-electron chi connectivity index (χ0n) is 14.0. The lowest BCUT2D eigenvalue weighted by Crippen LogP contribution is -2.40. The minimum Gasteiger partial charge on any atom is -0.345 e. The predicted octanol–water partition coefficient (Wildman–Crippen LogP) is 3.98. The van der Waals surface area contributed by atoms with Gasteiger partial charge in [0, 0.05) is 17.0 Å². The van der Waals surface area contributed by atoms with E-state index < -0.39 is 6.04 Å². The van der Waals surface area contributed by atoms with Gasteiger partial charge in [-0.25, -0.2) is 4.39 Å². The highest BCUT2D eigenvalue weighted by Gasteiger charge is 2.24. The van der Waals surface area contributed by atoms with Crippen LogP contribution in [0.5, 0.6) is 0 Å². The van der Waals surface area contributed by atoms with E-state index in [2.05, 4.69) is 5.32 Å². The molecule has 2 aromatic carbocycles. The molecule has 5 heteroatoms. The van der Waals surface area contributed by atoms with Gasteiger partial charge in [0.25, 0.3) is 0 Å². The van der Waals surface area contributed by atoms with Crippen molar-refractivity contribution in [3.8, 4) is 0 Å². The van der Waals surface area contributed by atoms with Gasteiger partial charge >= 0.3 is 0 Å². The molecule has 3 N–H and O–H groups in total. The number of hydrogen-bond acceptors (Lipinski definition) is 2. The number of carbonyl (C=O) groups is 1. The number of amides is 1. The van der Waals surface area contributed by atoms with Gasteiger partial charge in [0.15, 0.2) is 0 Å². The van der Waals surface area contributed by atoms with Crippen molar-refractivity contribution in [2.45, 2.75) is 32.9 Å². The lowest BCUT2D eigenvalue weighted by Gasteiger charge is -2.24. The van der Waals surface area contributed by atoms with Crippen LogP contribution in [-0.4, -0.2) is 11.9 Å². The third-order valence-electron chi connectivity index (χ3n) is 4.22. The fraction of sp³-hybridized carbons (Fsp3) is 0.316. The molecule has 3 unspecified atom stereocenters. The van der Waals surface area contributed by atoms with Gasteiger partial charge in [-0.15, -0.1) is 0 Å². The molecule has 2 aromatic rings. The second-order valence-electron chi connectivity index (χ2n) is 6.12. The maximum atomic E-state index is 13.6. The van der Waals surface area contributed by atoms with Gasteiger partial charge in [-0.2, -0.15) is 0 Å². The van der Waals surface area contributed by atoms with Gasteiger partial charge in [0.1, 0.15) is 5.82 Å². The van der Waals surface area contributed by atoms with Crippen molar-refractivity contribution in [3.63, 3.8) is 0 Å². The summed E-state index contributed by atoms with van der Waals surface area (Å²) in [7, 11) is 0. The van der Waals surface area contributed by atoms with Crippen LogP contribution in [0.25, 0.3) is 0 Å². The lowest BCUT2D eigenvalue weighted by atomic mass is 9.95. The Labute approximate surface area is 147 Å². The van der Waals surface area contributed by atoms with E-state index in [0.717, 1.165) is 11.1 Å². The van der Waals surface area contributed by atoms with Crippen molar-refractivity contribution in [3.05, 3.63) is 70.0 Å². The number of benzene rings is 2. The summed E-state index contributed by atoms with van der Waals surface area (Å²) >= 11 is 6.32.